The third-order valence-corrected chi connectivity index (χ3v) is 3.19. The van der Waals surface area contributed by atoms with Crippen molar-refractivity contribution in [3.8, 4) is 0 Å². The van der Waals surface area contributed by atoms with Crippen LogP contribution in [0.3, 0.4) is 0 Å². The summed E-state index contributed by atoms with van der Waals surface area (Å²) in [5, 5.41) is 2.90. The number of carbonyl (C=O) groups excluding carboxylic acids is 1. The molecule has 1 aliphatic heterocycles. The minimum absolute atomic E-state index is 0.166. The van der Waals surface area contributed by atoms with Gasteiger partial charge in [-0.1, -0.05) is 13.8 Å². The summed E-state index contributed by atoms with van der Waals surface area (Å²) in [4.78, 5) is 13.6. The summed E-state index contributed by atoms with van der Waals surface area (Å²) in [6, 6.07) is 0. The van der Waals surface area contributed by atoms with Crippen LogP contribution in [0.5, 0.6) is 0 Å². The largest absolute Gasteiger partial charge is 0.384 e. The highest BCUT2D eigenvalue weighted by Gasteiger charge is 2.40. The maximum atomic E-state index is 11.7. The van der Waals surface area contributed by atoms with Crippen molar-refractivity contribution in [3.63, 3.8) is 0 Å². The number of likely N-dealkylation sites (tertiary alicyclic amines) is 1. The first-order chi connectivity index (χ1) is 7.01. The fourth-order valence-corrected chi connectivity index (χ4v) is 2.13. The first-order valence-corrected chi connectivity index (χ1v) is 5.42. The molecule has 0 radical (unpaired) electrons. The highest BCUT2D eigenvalue weighted by molar-refractivity contribution is 5.78. The Morgan fingerprint density at radius 3 is 2.80 bits per heavy atom. The van der Waals surface area contributed by atoms with Crippen molar-refractivity contribution in [1.29, 1.82) is 0 Å². The molecule has 1 aliphatic rings. The van der Waals surface area contributed by atoms with E-state index in [4.69, 9.17) is 4.74 Å². The van der Waals surface area contributed by atoms with Gasteiger partial charge >= 0.3 is 0 Å². The smallest absolute Gasteiger partial charge is 0.236 e. The van der Waals surface area contributed by atoms with Gasteiger partial charge in [-0.2, -0.15) is 0 Å². The molecule has 0 aromatic heterocycles. The number of nitrogens with zero attached hydrogens (tertiary/aromatic N) is 1. The number of likely N-dealkylation sites (N-methyl/N-ethyl adjacent to an activating group) is 1. The fraction of sp³-hybridized carbons (Fsp3) is 0.909. The third-order valence-electron chi connectivity index (χ3n) is 3.19. The predicted molar refractivity (Wildman–Crippen MR) is 59.7 cm³/mol. The van der Waals surface area contributed by atoms with E-state index in [0.717, 1.165) is 19.7 Å². The SMILES string of the molecule is CNCC(=O)N1C[C@H](COC)C(C)(C)C1. The average Bonchev–Trinajstić information content (AvgIpc) is 2.44. The molecule has 4 nitrogen and oxygen atoms in total. The van der Waals surface area contributed by atoms with Crippen LogP contribution in [0.15, 0.2) is 0 Å². The second kappa shape index (κ2) is 4.94. The Morgan fingerprint density at radius 1 is 1.60 bits per heavy atom. The lowest BCUT2D eigenvalue weighted by Crippen LogP contribution is -2.36. The van der Waals surface area contributed by atoms with Crippen molar-refractivity contribution >= 4 is 5.91 Å². The van der Waals surface area contributed by atoms with E-state index in [1.165, 1.54) is 0 Å². The van der Waals surface area contributed by atoms with Crippen LogP contribution in [0, 0.1) is 11.3 Å². The zero-order chi connectivity index (χ0) is 11.5. The number of hydrogen-bond acceptors (Lipinski definition) is 3. The summed E-state index contributed by atoms with van der Waals surface area (Å²) in [5.41, 5.74) is 0.166. The molecule has 0 unspecified atom stereocenters. The van der Waals surface area contributed by atoms with Gasteiger partial charge in [-0.05, 0) is 12.5 Å². The second-order valence-corrected chi connectivity index (χ2v) is 4.95. The number of rotatable bonds is 4. The van der Waals surface area contributed by atoms with Crippen molar-refractivity contribution in [2.24, 2.45) is 11.3 Å². The predicted octanol–water partition coefficient (Wildman–Crippen LogP) is 0.337. The van der Waals surface area contributed by atoms with Crippen LogP contribution in [0.25, 0.3) is 0 Å². The Labute approximate surface area is 92.0 Å². The zero-order valence-electron chi connectivity index (χ0n) is 10.2. The molecule has 0 saturated carbocycles. The summed E-state index contributed by atoms with van der Waals surface area (Å²) < 4.78 is 5.20. The summed E-state index contributed by atoms with van der Waals surface area (Å²) in [6.45, 7) is 7.21. The van der Waals surface area contributed by atoms with E-state index in [9.17, 15) is 4.79 Å². The molecular formula is C11H22N2O2. The molecule has 15 heavy (non-hydrogen) atoms. The standard InChI is InChI=1S/C11H22N2O2/c1-11(2)8-13(10(14)5-12-3)6-9(11)7-15-4/h9,12H,5-8H2,1-4H3/t9-/m1/s1. The van der Waals surface area contributed by atoms with E-state index in [1.807, 2.05) is 4.90 Å². The molecule has 1 N–H and O–H groups in total. The topological polar surface area (TPSA) is 41.6 Å². The van der Waals surface area contributed by atoms with Crippen molar-refractivity contribution in [2.75, 3.05) is 40.4 Å². The van der Waals surface area contributed by atoms with Crippen molar-refractivity contribution in [1.82, 2.24) is 10.2 Å². The second-order valence-electron chi connectivity index (χ2n) is 4.95. The molecule has 0 aliphatic carbocycles. The summed E-state index contributed by atoms with van der Waals surface area (Å²) in [7, 11) is 3.51. The number of nitrogens with one attached hydrogen (secondary N) is 1. The van der Waals surface area contributed by atoms with Crippen molar-refractivity contribution in [2.45, 2.75) is 13.8 Å². The molecule has 88 valence electrons. The third kappa shape index (κ3) is 2.92. The van der Waals surface area contributed by atoms with Crippen LogP contribution in [-0.4, -0.2) is 51.2 Å². The highest BCUT2D eigenvalue weighted by Crippen LogP contribution is 2.35. The van der Waals surface area contributed by atoms with Crippen molar-refractivity contribution in [3.05, 3.63) is 0 Å². The maximum Gasteiger partial charge on any atom is 0.236 e. The molecular weight excluding hydrogens is 192 g/mol. The van der Waals surface area contributed by atoms with Gasteiger partial charge in [0.25, 0.3) is 0 Å². The fourth-order valence-electron chi connectivity index (χ4n) is 2.13. The summed E-state index contributed by atoms with van der Waals surface area (Å²) in [6.07, 6.45) is 0. The number of methoxy groups -OCH3 is 1. The molecule has 1 heterocycles. The molecule has 1 atom stereocenters. The quantitative estimate of drug-likeness (QED) is 0.733. The van der Waals surface area contributed by atoms with Gasteiger partial charge in [0.2, 0.25) is 5.91 Å². The first-order valence-electron chi connectivity index (χ1n) is 5.42. The van der Waals surface area contributed by atoms with E-state index >= 15 is 0 Å². The summed E-state index contributed by atoms with van der Waals surface area (Å²) >= 11 is 0. The molecule has 1 rings (SSSR count). The Morgan fingerprint density at radius 2 is 2.27 bits per heavy atom. The van der Waals surface area contributed by atoms with Gasteiger partial charge in [0.15, 0.2) is 0 Å². The molecule has 0 bridgehead atoms. The Balaban J connectivity index is 2.57. The van der Waals surface area contributed by atoms with E-state index in [2.05, 4.69) is 19.2 Å². The van der Waals surface area contributed by atoms with Gasteiger partial charge in [-0.3, -0.25) is 4.79 Å². The molecule has 0 spiro atoms. The minimum atomic E-state index is 0.166. The molecule has 1 saturated heterocycles. The molecule has 4 heteroatoms. The number of ether oxygens (including phenoxy) is 1. The van der Waals surface area contributed by atoms with E-state index in [1.54, 1.807) is 14.2 Å². The lowest BCUT2D eigenvalue weighted by Gasteiger charge is -2.24. The summed E-state index contributed by atoms with van der Waals surface area (Å²) in [5.74, 6) is 0.632. The van der Waals surface area contributed by atoms with Gasteiger partial charge in [-0.25, -0.2) is 0 Å². The van der Waals surface area contributed by atoms with Gasteiger partial charge in [0, 0.05) is 26.1 Å². The van der Waals surface area contributed by atoms with E-state index < -0.39 is 0 Å². The Hall–Kier alpha value is -0.610. The van der Waals surface area contributed by atoms with Crippen LogP contribution < -0.4 is 5.32 Å². The van der Waals surface area contributed by atoms with Crippen LogP contribution in [0.4, 0.5) is 0 Å². The molecule has 1 fully saturated rings. The molecule has 0 aromatic rings. The van der Waals surface area contributed by atoms with Gasteiger partial charge in [0.05, 0.1) is 13.2 Å². The average molecular weight is 214 g/mol. The molecule has 1 amide bonds. The van der Waals surface area contributed by atoms with Crippen LogP contribution in [0.2, 0.25) is 0 Å². The van der Waals surface area contributed by atoms with Gasteiger partial charge in [0.1, 0.15) is 0 Å². The monoisotopic (exact) mass is 214 g/mol. The Bertz CT molecular complexity index is 229. The minimum Gasteiger partial charge on any atom is -0.384 e. The number of amides is 1. The number of hydrogen-bond donors (Lipinski definition) is 1. The first kappa shape index (κ1) is 12.5. The van der Waals surface area contributed by atoms with E-state index in [-0.39, 0.29) is 11.3 Å². The highest BCUT2D eigenvalue weighted by atomic mass is 16.5. The zero-order valence-corrected chi connectivity index (χ0v) is 10.2. The van der Waals surface area contributed by atoms with Crippen LogP contribution >= 0.6 is 0 Å². The lowest BCUT2D eigenvalue weighted by atomic mass is 9.83. The number of carbonyl (C=O) groups is 1. The van der Waals surface area contributed by atoms with Crippen LogP contribution in [0.1, 0.15) is 13.8 Å². The normalized spacial score (nSPS) is 24.5. The van der Waals surface area contributed by atoms with E-state index in [0.29, 0.717) is 12.5 Å². The van der Waals surface area contributed by atoms with Gasteiger partial charge < -0.3 is 15.0 Å². The van der Waals surface area contributed by atoms with Gasteiger partial charge in [-0.15, -0.1) is 0 Å². The molecule has 0 aromatic carbocycles. The van der Waals surface area contributed by atoms with Crippen LogP contribution in [-0.2, 0) is 9.53 Å². The van der Waals surface area contributed by atoms with Crippen molar-refractivity contribution < 1.29 is 9.53 Å². The lowest BCUT2D eigenvalue weighted by molar-refractivity contribution is -0.129. The maximum absolute atomic E-state index is 11.7. The Kier molecular flexibility index (Phi) is 4.11.